The second-order valence-corrected chi connectivity index (χ2v) is 7.68. The molecule has 0 amide bonds. The molecule has 158 valence electrons. The summed E-state index contributed by atoms with van der Waals surface area (Å²) in [5.74, 6) is 0.827. The number of aliphatic imine (C=N–C) groups is 1. The van der Waals surface area contributed by atoms with Gasteiger partial charge in [0.05, 0.1) is 18.9 Å². The van der Waals surface area contributed by atoms with E-state index in [-0.39, 0.29) is 5.97 Å². The molecular weight excluding hydrogens is 378 g/mol. The molecule has 0 radical (unpaired) electrons. The monoisotopic (exact) mass is 407 g/mol. The maximum Gasteiger partial charge on any atom is 0.302 e. The normalized spacial score (nSPS) is 16.3. The number of esters is 1. The lowest BCUT2D eigenvalue weighted by Gasteiger charge is -2.36. The Hall–Kier alpha value is -2.70. The number of hydrogen-bond donors (Lipinski definition) is 0. The Morgan fingerprint density at radius 3 is 2.47 bits per heavy atom. The first-order valence-corrected chi connectivity index (χ1v) is 10.6. The van der Waals surface area contributed by atoms with Gasteiger partial charge >= 0.3 is 5.97 Å². The van der Waals surface area contributed by atoms with Gasteiger partial charge in [0.1, 0.15) is 12.4 Å². The van der Waals surface area contributed by atoms with Crippen LogP contribution in [-0.2, 0) is 20.7 Å². The summed E-state index contributed by atoms with van der Waals surface area (Å²) in [5, 5.41) is 0. The van der Waals surface area contributed by atoms with E-state index >= 15 is 0 Å². The highest BCUT2D eigenvalue weighted by Gasteiger charge is 2.24. The van der Waals surface area contributed by atoms with E-state index in [9.17, 15) is 4.79 Å². The molecule has 1 fully saturated rings. The molecule has 0 unspecified atom stereocenters. The van der Waals surface area contributed by atoms with Crippen molar-refractivity contribution in [1.82, 2.24) is 9.80 Å². The lowest BCUT2D eigenvalue weighted by Crippen LogP contribution is -2.49. The van der Waals surface area contributed by atoms with Gasteiger partial charge in [-0.1, -0.05) is 42.5 Å². The minimum atomic E-state index is -0.264. The first-order valence-electron chi connectivity index (χ1n) is 10.6. The van der Waals surface area contributed by atoms with Crippen molar-refractivity contribution in [1.29, 1.82) is 0 Å². The molecule has 2 aromatic carbocycles. The first kappa shape index (κ1) is 20.6. The fourth-order valence-corrected chi connectivity index (χ4v) is 4.01. The summed E-state index contributed by atoms with van der Waals surface area (Å²) in [6, 6.07) is 17.1. The molecule has 6 nitrogen and oxygen atoms in total. The van der Waals surface area contributed by atoms with Crippen LogP contribution in [0.1, 0.15) is 23.6 Å². The molecule has 0 bridgehead atoms. The summed E-state index contributed by atoms with van der Waals surface area (Å²) in [5.41, 5.74) is 4.94. The van der Waals surface area contributed by atoms with Gasteiger partial charge in [0.15, 0.2) is 0 Å². The largest absolute Gasteiger partial charge is 0.463 e. The third kappa shape index (κ3) is 5.07. The Bertz CT molecular complexity index is 904. The maximum atomic E-state index is 10.8. The Labute approximate surface area is 178 Å². The highest BCUT2D eigenvalue weighted by molar-refractivity contribution is 6.02. The molecule has 0 saturated carbocycles. The van der Waals surface area contributed by atoms with Gasteiger partial charge < -0.3 is 14.4 Å². The summed E-state index contributed by atoms with van der Waals surface area (Å²) < 4.78 is 10.5. The van der Waals surface area contributed by atoms with Gasteiger partial charge in [-0.2, -0.15) is 0 Å². The Morgan fingerprint density at radius 1 is 0.933 bits per heavy atom. The molecule has 30 heavy (non-hydrogen) atoms. The highest BCUT2D eigenvalue weighted by Crippen LogP contribution is 2.29. The van der Waals surface area contributed by atoms with E-state index in [0.29, 0.717) is 19.8 Å². The molecule has 2 aromatic rings. The van der Waals surface area contributed by atoms with E-state index in [0.717, 1.165) is 50.7 Å². The maximum absolute atomic E-state index is 10.8. The number of rotatable bonds is 6. The van der Waals surface area contributed by atoms with Crippen molar-refractivity contribution in [2.24, 2.45) is 4.99 Å². The lowest BCUT2D eigenvalue weighted by atomic mass is 9.99. The average molecular weight is 408 g/mol. The quantitative estimate of drug-likeness (QED) is 0.544. The van der Waals surface area contributed by atoms with Crippen molar-refractivity contribution in [2.45, 2.75) is 13.3 Å². The molecule has 4 rings (SSSR count). The second kappa shape index (κ2) is 9.87. The van der Waals surface area contributed by atoms with Crippen LogP contribution in [0.2, 0.25) is 0 Å². The van der Waals surface area contributed by atoms with Crippen LogP contribution in [0.25, 0.3) is 0 Å². The third-order valence-corrected chi connectivity index (χ3v) is 5.61. The molecule has 2 aliphatic rings. The topological polar surface area (TPSA) is 54.4 Å². The van der Waals surface area contributed by atoms with Crippen molar-refractivity contribution >= 4 is 17.5 Å². The number of ether oxygens (including phenoxy) is 2. The Balaban J connectivity index is 1.36. The third-order valence-electron chi connectivity index (χ3n) is 5.61. The molecule has 2 heterocycles. The van der Waals surface area contributed by atoms with E-state index < -0.39 is 0 Å². The zero-order chi connectivity index (χ0) is 20.8. The molecular formula is C24H29N3O3. The van der Waals surface area contributed by atoms with Crippen molar-refractivity contribution in [3.8, 4) is 0 Å². The number of para-hydroxylation sites is 1. The predicted molar refractivity (Wildman–Crippen MR) is 117 cm³/mol. The van der Waals surface area contributed by atoms with Crippen LogP contribution in [0.15, 0.2) is 53.5 Å². The van der Waals surface area contributed by atoms with Gasteiger partial charge in [0.25, 0.3) is 0 Å². The molecule has 0 aliphatic carbocycles. The van der Waals surface area contributed by atoms with Crippen LogP contribution in [0, 0.1) is 0 Å². The van der Waals surface area contributed by atoms with E-state index in [2.05, 4.69) is 58.3 Å². The molecule has 0 atom stereocenters. The standard InChI is InChI=1S/C24H29N3O3/c1-19(28)30-17-16-29-15-14-26-10-12-27(13-11-26)24-22-8-4-2-6-20(22)18-21-7-3-5-9-23(21)25-24/h2-9H,10-18H2,1H3. The smallest absolute Gasteiger partial charge is 0.302 e. The van der Waals surface area contributed by atoms with Gasteiger partial charge in [-0.3, -0.25) is 9.69 Å². The molecule has 0 aromatic heterocycles. The van der Waals surface area contributed by atoms with Crippen LogP contribution < -0.4 is 0 Å². The van der Waals surface area contributed by atoms with Gasteiger partial charge in [0.2, 0.25) is 0 Å². The average Bonchev–Trinajstić information content (AvgIpc) is 2.93. The first-order chi connectivity index (χ1) is 14.7. The zero-order valence-electron chi connectivity index (χ0n) is 17.5. The predicted octanol–water partition coefficient (Wildman–Crippen LogP) is 2.87. The van der Waals surface area contributed by atoms with Crippen LogP contribution in [0.3, 0.4) is 0 Å². The van der Waals surface area contributed by atoms with Crippen molar-refractivity contribution < 1.29 is 14.3 Å². The van der Waals surface area contributed by atoms with Gasteiger partial charge in [-0.25, -0.2) is 4.99 Å². The molecule has 0 N–H and O–H groups in total. The van der Waals surface area contributed by atoms with Crippen molar-refractivity contribution in [2.75, 3.05) is 52.5 Å². The lowest BCUT2D eigenvalue weighted by molar-refractivity contribution is -0.142. The minimum absolute atomic E-state index is 0.264. The van der Waals surface area contributed by atoms with Crippen LogP contribution in [0.4, 0.5) is 5.69 Å². The van der Waals surface area contributed by atoms with E-state index in [4.69, 9.17) is 14.5 Å². The SMILES string of the molecule is CC(=O)OCCOCCN1CCN(C2=Nc3ccccc3Cc3ccccc32)CC1. The number of carbonyl (C=O) groups excluding carboxylic acids is 1. The summed E-state index contributed by atoms with van der Waals surface area (Å²) in [4.78, 5) is 20.7. The van der Waals surface area contributed by atoms with E-state index in [1.165, 1.54) is 23.6 Å². The van der Waals surface area contributed by atoms with Gasteiger partial charge in [0, 0.05) is 51.6 Å². The van der Waals surface area contributed by atoms with Crippen molar-refractivity contribution in [3.63, 3.8) is 0 Å². The number of fused-ring (bicyclic) bond motifs is 2. The summed E-state index contributed by atoms with van der Waals surface area (Å²) >= 11 is 0. The molecule has 0 spiro atoms. The summed E-state index contributed by atoms with van der Waals surface area (Å²) in [7, 11) is 0. The number of carbonyl (C=O) groups is 1. The fraction of sp³-hybridized carbons (Fsp3) is 0.417. The molecule has 6 heteroatoms. The molecule has 1 saturated heterocycles. The number of amidine groups is 1. The highest BCUT2D eigenvalue weighted by atomic mass is 16.6. The summed E-state index contributed by atoms with van der Waals surface area (Å²) in [6.07, 6.45) is 0.921. The number of piperazine rings is 1. The Kier molecular flexibility index (Phi) is 6.77. The fourth-order valence-electron chi connectivity index (χ4n) is 4.01. The number of benzene rings is 2. The van der Waals surface area contributed by atoms with Gasteiger partial charge in [-0.15, -0.1) is 0 Å². The zero-order valence-corrected chi connectivity index (χ0v) is 17.5. The number of nitrogens with zero attached hydrogens (tertiary/aromatic N) is 3. The Morgan fingerprint density at radius 2 is 1.67 bits per heavy atom. The van der Waals surface area contributed by atoms with Crippen LogP contribution in [0.5, 0.6) is 0 Å². The van der Waals surface area contributed by atoms with Gasteiger partial charge in [-0.05, 0) is 17.2 Å². The number of hydrogen-bond acceptors (Lipinski definition) is 6. The van der Waals surface area contributed by atoms with Crippen LogP contribution in [-0.4, -0.2) is 74.1 Å². The summed E-state index contributed by atoms with van der Waals surface area (Å²) in [6.45, 7) is 7.58. The van der Waals surface area contributed by atoms with Crippen molar-refractivity contribution in [3.05, 3.63) is 65.2 Å². The van der Waals surface area contributed by atoms with Crippen LogP contribution >= 0.6 is 0 Å². The molecule has 2 aliphatic heterocycles. The minimum Gasteiger partial charge on any atom is -0.463 e. The second-order valence-electron chi connectivity index (χ2n) is 7.68. The van der Waals surface area contributed by atoms with E-state index in [1.54, 1.807) is 0 Å². The van der Waals surface area contributed by atoms with E-state index in [1.807, 2.05) is 0 Å².